The quantitative estimate of drug-likeness (QED) is 0.192. The van der Waals surface area contributed by atoms with Gasteiger partial charge < -0.3 is 10.1 Å². The molecule has 3 aromatic carbocycles. The first kappa shape index (κ1) is 26.4. The lowest BCUT2D eigenvalue weighted by Gasteiger charge is -2.50. The van der Waals surface area contributed by atoms with Crippen LogP contribution >= 0.6 is 23.5 Å². The van der Waals surface area contributed by atoms with Crippen LogP contribution in [0, 0.1) is 0 Å². The van der Waals surface area contributed by atoms with Crippen LogP contribution in [0.15, 0.2) is 66.7 Å². The Bertz CT molecular complexity index is 1340. The van der Waals surface area contributed by atoms with Crippen molar-refractivity contribution in [3.8, 4) is 5.75 Å². The number of amides is 2. The molecule has 1 saturated carbocycles. The van der Waals surface area contributed by atoms with E-state index in [2.05, 4.69) is 40.4 Å². The van der Waals surface area contributed by atoms with E-state index < -0.39 is 0 Å². The lowest BCUT2D eigenvalue weighted by Crippen LogP contribution is -2.49. The van der Waals surface area contributed by atoms with E-state index in [0.717, 1.165) is 23.7 Å². The lowest BCUT2D eigenvalue weighted by atomic mass is 9.58. The molecule has 6 nitrogen and oxygen atoms in total. The molecule has 0 bridgehead atoms. The van der Waals surface area contributed by atoms with Crippen molar-refractivity contribution in [1.29, 1.82) is 0 Å². The Morgan fingerprint density at radius 1 is 1.03 bits per heavy atom. The van der Waals surface area contributed by atoms with E-state index in [9.17, 15) is 9.59 Å². The van der Waals surface area contributed by atoms with Gasteiger partial charge in [0.1, 0.15) is 12.4 Å². The molecule has 1 unspecified atom stereocenters. The van der Waals surface area contributed by atoms with E-state index in [1.165, 1.54) is 52.8 Å². The summed E-state index contributed by atoms with van der Waals surface area (Å²) in [6.07, 6.45) is 4.59. The Morgan fingerprint density at radius 2 is 1.77 bits per heavy atom. The van der Waals surface area contributed by atoms with Crippen LogP contribution in [-0.2, 0) is 11.8 Å². The van der Waals surface area contributed by atoms with E-state index in [0.29, 0.717) is 36.6 Å². The summed E-state index contributed by atoms with van der Waals surface area (Å²) >= 11 is 7.69. The van der Waals surface area contributed by atoms with E-state index in [1.807, 2.05) is 12.1 Å². The van der Waals surface area contributed by atoms with Crippen LogP contribution in [0.2, 0.25) is 5.02 Å². The van der Waals surface area contributed by atoms with Gasteiger partial charge in [-0.25, -0.2) is 0 Å². The molecule has 2 aliphatic heterocycles. The van der Waals surface area contributed by atoms with Gasteiger partial charge in [-0.1, -0.05) is 60.3 Å². The number of hydrogen-bond acceptors (Lipinski definition) is 6. The highest BCUT2D eigenvalue weighted by molar-refractivity contribution is 7.97. The van der Waals surface area contributed by atoms with Crippen LogP contribution in [0.5, 0.6) is 5.75 Å². The number of rotatable bonds is 10. The van der Waals surface area contributed by atoms with E-state index in [-0.39, 0.29) is 23.3 Å². The summed E-state index contributed by atoms with van der Waals surface area (Å²) < 4.78 is 9.41. The lowest BCUT2D eigenvalue weighted by molar-refractivity contribution is 0.0664. The molecule has 0 spiro atoms. The number of nitrogens with one attached hydrogen (secondary N) is 2. The fourth-order valence-corrected chi connectivity index (χ4v) is 6.90. The minimum atomic E-state index is -0.209. The second kappa shape index (κ2) is 11.3. The predicted molar refractivity (Wildman–Crippen MR) is 156 cm³/mol. The Balaban J connectivity index is 1.01. The molecule has 8 heteroatoms. The molecule has 0 aromatic heterocycles. The summed E-state index contributed by atoms with van der Waals surface area (Å²) in [6.45, 7) is 2.54. The highest BCUT2D eigenvalue weighted by atomic mass is 35.5. The molecule has 2 N–H and O–H groups in total. The highest BCUT2D eigenvalue weighted by Gasteiger charge is 2.47. The van der Waals surface area contributed by atoms with Gasteiger partial charge in [-0.05, 0) is 78.9 Å². The predicted octanol–water partition coefficient (Wildman–Crippen LogP) is 5.56. The monoisotopic (exact) mass is 561 g/mol. The molecule has 1 fully saturated rings. The molecule has 0 radical (unpaired) electrons. The summed E-state index contributed by atoms with van der Waals surface area (Å²) in [5.74, 6) is 1.08. The largest absolute Gasteiger partial charge is 0.492 e. The number of halogens is 1. The average Bonchev–Trinajstić information content (AvgIpc) is 3.18. The number of hydrogen-bond donors (Lipinski definition) is 2. The van der Waals surface area contributed by atoms with Crippen molar-refractivity contribution in [2.45, 2.75) is 37.1 Å². The number of fused-ring (bicyclic) bond motifs is 2. The fourth-order valence-electron chi connectivity index (χ4n) is 6.13. The molecule has 0 saturated heterocycles. The first-order valence-corrected chi connectivity index (χ1v) is 15.0. The standard InChI is InChI=1S/C31H32ClN3O3S/c32-23-9-7-22(8-10-23)31(13-3-14-31)28-27-20-24(11-6-21(27)12-15-33-28)38-18-16-34-39-19-17-35-29(36)25-4-1-2-5-26(25)30(35)37/h1-2,4-11,20,28,33-34H,3,12-19H2. The number of ether oxygens (including phenoxy) is 1. The Labute approximate surface area is 238 Å². The molecule has 1 atom stereocenters. The molecule has 3 aromatic rings. The van der Waals surface area contributed by atoms with Gasteiger partial charge in [0.2, 0.25) is 0 Å². The summed E-state index contributed by atoms with van der Waals surface area (Å²) in [7, 11) is 0. The SMILES string of the molecule is O=C1c2ccccc2C(=O)N1CCSNCCOc1ccc2c(c1)C(C1(c3ccc(Cl)cc3)CCC1)NCC2. The maximum Gasteiger partial charge on any atom is 0.261 e. The zero-order chi connectivity index (χ0) is 26.8. The smallest absolute Gasteiger partial charge is 0.261 e. The van der Waals surface area contributed by atoms with Gasteiger partial charge in [-0.3, -0.25) is 19.2 Å². The van der Waals surface area contributed by atoms with Gasteiger partial charge in [-0.15, -0.1) is 0 Å². The van der Waals surface area contributed by atoms with Crippen molar-refractivity contribution < 1.29 is 14.3 Å². The summed E-state index contributed by atoms with van der Waals surface area (Å²) in [6, 6.07) is 22.2. The minimum absolute atomic E-state index is 0.0933. The van der Waals surface area contributed by atoms with Crippen molar-refractivity contribution in [2.75, 3.05) is 32.0 Å². The van der Waals surface area contributed by atoms with Gasteiger partial charge in [0.05, 0.1) is 11.1 Å². The van der Waals surface area contributed by atoms with Gasteiger partial charge in [0.15, 0.2) is 0 Å². The van der Waals surface area contributed by atoms with Crippen LogP contribution in [0.4, 0.5) is 0 Å². The summed E-state index contributed by atoms with van der Waals surface area (Å²) in [5, 5.41) is 4.60. The number of nitrogens with zero attached hydrogens (tertiary/aromatic N) is 1. The Kier molecular flexibility index (Phi) is 7.67. The fraction of sp³-hybridized carbons (Fsp3) is 0.355. The minimum Gasteiger partial charge on any atom is -0.492 e. The van der Waals surface area contributed by atoms with Crippen molar-refractivity contribution in [3.05, 3.63) is 99.6 Å². The number of imide groups is 1. The molecule has 2 amide bonds. The summed E-state index contributed by atoms with van der Waals surface area (Å²) in [5.41, 5.74) is 5.18. The van der Waals surface area contributed by atoms with Crippen LogP contribution < -0.4 is 14.8 Å². The first-order valence-electron chi connectivity index (χ1n) is 13.6. The maximum absolute atomic E-state index is 12.5. The van der Waals surface area contributed by atoms with Gasteiger partial charge in [-0.2, -0.15) is 0 Å². The number of benzene rings is 3. The molecule has 2 heterocycles. The number of carbonyl (C=O) groups excluding carboxylic acids is 2. The zero-order valence-electron chi connectivity index (χ0n) is 21.8. The molecular formula is C31H32ClN3O3S. The third-order valence-corrected chi connectivity index (χ3v) is 9.31. The Hall–Kier alpha value is -2.84. The zero-order valence-corrected chi connectivity index (χ0v) is 23.3. The average molecular weight is 562 g/mol. The third kappa shape index (κ3) is 5.09. The van der Waals surface area contributed by atoms with E-state index >= 15 is 0 Å². The molecule has 3 aliphatic rings. The van der Waals surface area contributed by atoms with Gasteiger partial charge in [0.25, 0.3) is 11.8 Å². The normalized spacial score (nSPS) is 19.4. The van der Waals surface area contributed by atoms with Crippen molar-refractivity contribution in [1.82, 2.24) is 14.9 Å². The van der Waals surface area contributed by atoms with Crippen LogP contribution in [0.25, 0.3) is 0 Å². The first-order chi connectivity index (χ1) is 19.1. The summed E-state index contributed by atoms with van der Waals surface area (Å²) in [4.78, 5) is 26.3. The van der Waals surface area contributed by atoms with E-state index in [4.69, 9.17) is 16.3 Å². The van der Waals surface area contributed by atoms with Crippen molar-refractivity contribution in [2.24, 2.45) is 0 Å². The second-order valence-corrected chi connectivity index (χ2v) is 11.8. The Morgan fingerprint density at radius 3 is 2.46 bits per heavy atom. The third-order valence-electron chi connectivity index (χ3n) is 8.26. The van der Waals surface area contributed by atoms with Crippen LogP contribution in [-0.4, -0.2) is 48.7 Å². The van der Waals surface area contributed by atoms with Crippen molar-refractivity contribution in [3.63, 3.8) is 0 Å². The van der Waals surface area contributed by atoms with Gasteiger partial charge >= 0.3 is 0 Å². The second-order valence-electron chi connectivity index (χ2n) is 10.4. The van der Waals surface area contributed by atoms with E-state index in [1.54, 1.807) is 24.3 Å². The van der Waals surface area contributed by atoms with Crippen molar-refractivity contribution >= 4 is 35.4 Å². The molecule has 39 heavy (non-hydrogen) atoms. The van der Waals surface area contributed by atoms with Crippen LogP contribution in [0.1, 0.15) is 62.7 Å². The molecule has 202 valence electrons. The molecular weight excluding hydrogens is 530 g/mol. The van der Waals surface area contributed by atoms with Gasteiger partial charge in [0, 0.05) is 35.3 Å². The van der Waals surface area contributed by atoms with Crippen LogP contribution in [0.3, 0.4) is 0 Å². The number of carbonyl (C=O) groups is 2. The topological polar surface area (TPSA) is 70.7 Å². The molecule has 1 aliphatic carbocycles. The maximum atomic E-state index is 12.5. The molecule has 6 rings (SSSR count). The highest BCUT2D eigenvalue weighted by Crippen LogP contribution is 2.53.